The van der Waals surface area contributed by atoms with Crippen LogP contribution < -0.4 is 5.32 Å². The predicted molar refractivity (Wildman–Crippen MR) is 60.6 cm³/mol. The fourth-order valence-electron chi connectivity index (χ4n) is 2.09. The highest BCUT2D eigenvalue weighted by Gasteiger charge is 2.13. The van der Waals surface area contributed by atoms with Crippen LogP contribution in [-0.2, 0) is 0 Å². The molecule has 0 spiro atoms. The van der Waals surface area contributed by atoms with Gasteiger partial charge >= 0.3 is 0 Å². The Bertz CT molecular complexity index is 498. The number of rotatable bonds is 1. The highest BCUT2D eigenvalue weighted by atomic mass is 14.9. The molecule has 1 aliphatic rings. The summed E-state index contributed by atoms with van der Waals surface area (Å²) in [5, 5.41) is 4.74. The summed E-state index contributed by atoms with van der Waals surface area (Å²) in [6.45, 7) is 1.05. The third-order valence-electron chi connectivity index (χ3n) is 2.85. The number of H-pyrrole nitrogens is 1. The zero-order chi connectivity index (χ0) is 10.1. The maximum atomic E-state index is 4.10. The molecule has 0 saturated carbocycles. The minimum Gasteiger partial charge on any atom is -0.360 e. The quantitative estimate of drug-likeness (QED) is 0.691. The molecule has 2 N–H and O–H groups in total. The van der Waals surface area contributed by atoms with Gasteiger partial charge in [-0.3, -0.25) is 4.98 Å². The SMILES string of the molecule is C1=CC(c2c[nH]c3cnccc23)NCC1. The van der Waals surface area contributed by atoms with Crippen molar-refractivity contribution in [2.75, 3.05) is 6.54 Å². The maximum absolute atomic E-state index is 4.10. The largest absolute Gasteiger partial charge is 0.360 e. The topological polar surface area (TPSA) is 40.7 Å². The van der Waals surface area contributed by atoms with Gasteiger partial charge in [-0.2, -0.15) is 0 Å². The molecule has 1 atom stereocenters. The first kappa shape index (κ1) is 8.68. The summed E-state index contributed by atoms with van der Waals surface area (Å²) in [5.74, 6) is 0. The van der Waals surface area contributed by atoms with Crippen molar-refractivity contribution in [1.82, 2.24) is 15.3 Å². The van der Waals surface area contributed by atoms with E-state index in [9.17, 15) is 0 Å². The third-order valence-corrected chi connectivity index (χ3v) is 2.85. The van der Waals surface area contributed by atoms with Crippen LogP contribution in [0.2, 0.25) is 0 Å². The lowest BCUT2D eigenvalue weighted by atomic mass is 10.0. The van der Waals surface area contributed by atoms with E-state index in [4.69, 9.17) is 0 Å². The highest BCUT2D eigenvalue weighted by molar-refractivity contribution is 5.82. The number of aromatic amines is 1. The van der Waals surface area contributed by atoms with Gasteiger partial charge in [-0.15, -0.1) is 0 Å². The van der Waals surface area contributed by atoms with E-state index in [1.807, 2.05) is 12.4 Å². The molecule has 3 nitrogen and oxygen atoms in total. The van der Waals surface area contributed by atoms with Gasteiger partial charge in [-0.05, 0) is 24.6 Å². The molecule has 0 amide bonds. The summed E-state index contributed by atoms with van der Waals surface area (Å²) in [7, 11) is 0. The predicted octanol–water partition coefficient (Wildman–Crippen LogP) is 2.15. The second-order valence-corrected chi connectivity index (χ2v) is 3.81. The fraction of sp³-hybridized carbons (Fsp3) is 0.250. The molecule has 1 aliphatic heterocycles. The minimum absolute atomic E-state index is 0.342. The van der Waals surface area contributed by atoms with Crippen LogP contribution in [0.4, 0.5) is 0 Å². The molecule has 0 aromatic carbocycles. The Hall–Kier alpha value is -1.61. The molecule has 0 aliphatic carbocycles. The molecule has 2 aromatic heterocycles. The van der Waals surface area contributed by atoms with Gasteiger partial charge in [0.2, 0.25) is 0 Å². The van der Waals surface area contributed by atoms with Gasteiger partial charge in [0.25, 0.3) is 0 Å². The Morgan fingerprint density at radius 3 is 3.27 bits per heavy atom. The van der Waals surface area contributed by atoms with Gasteiger partial charge < -0.3 is 10.3 Å². The molecule has 0 radical (unpaired) electrons. The van der Waals surface area contributed by atoms with E-state index in [2.05, 4.69) is 39.7 Å². The lowest BCUT2D eigenvalue weighted by Crippen LogP contribution is -2.23. The van der Waals surface area contributed by atoms with Gasteiger partial charge in [0.15, 0.2) is 0 Å². The van der Waals surface area contributed by atoms with E-state index in [1.54, 1.807) is 0 Å². The molecule has 2 aromatic rings. The molecular formula is C12H13N3. The number of nitrogens with zero attached hydrogens (tertiary/aromatic N) is 1. The molecule has 1 unspecified atom stereocenters. The van der Waals surface area contributed by atoms with E-state index < -0.39 is 0 Å². The van der Waals surface area contributed by atoms with Gasteiger partial charge in [0.05, 0.1) is 17.8 Å². The first-order valence-corrected chi connectivity index (χ1v) is 5.26. The number of fused-ring (bicyclic) bond motifs is 1. The third kappa shape index (κ3) is 1.45. The van der Waals surface area contributed by atoms with E-state index in [1.165, 1.54) is 10.9 Å². The second kappa shape index (κ2) is 3.51. The lowest BCUT2D eigenvalue weighted by molar-refractivity contribution is 0.604. The Labute approximate surface area is 88.2 Å². The van der Waals surface area contributed by atoms with Crippen molar-refractivity contribution in [3.8, 4) is 0 Å². The van der Waals surface area contributed by atoms with Crippen LogP contribution >= 0.6 is 0 Å². The lowest BCUT2D eigenvalue weighted by Gasteiger charge is -2.17. The van der Waals surface area contributed by atoms with Crippen LogP contribution in [0.3, 0.4) is 0 Å². The van der Waals surface area contributed by atoms with Crippen LogP contribution in [0.1, 0.15) is 18.0 Å². The zero-order valence-electron chi connectivity index (χ0n) is 8.40. The number of nitrogens with one attached hydrogen (secondary N) is 2. The van der Waals surface area contributed by atoms with E-state index in [0.717, 1.165) is 18.5 Å². The second-order valence-electron chi connectivity index (χ2n) is 3.81. The molecule has 15 heavy (non-hydrogen) atoms. The normalized spacial score (nSPS) is 20.9. The Morgan fingerprint density at radius 1 is 1.40 bits per heavy atom. The van der Waals surface area contributed by atoms with Gasteiger partial charge in [-0.1, -0.05) is 12.2 Å². The smallest absolute Gasteiger partial charge is 0.0644 e. The zero-order valence-corrected chi connectivity index (χ0v) is 8.40. The first-order valence-electron chi connectivity index (χ1n) is 5.26. The van der Waals surface area contributed by atoms with Crippen molar-refractivity contribution in [3.63, 3.8) is 0 Å². The number of aromatic nitrogens is 2. The van der Waals surface area contributed by atoms with Crippen molar-refractivity contribution in [3.05, 3.63) is 42.4 Å². The van der Waals surface area contributed by atoms with E-state index in [0.29, 0.717) is 6.04 Å². The van der Waals surface area contributed by atoms with Gasteiger partial charge in [-0.25, -0.2) is 0 Å². The molecule has 0 bridgehead atoms. The van der Waals surface area contributed by atoms with Crippen LogP contribution in [0.5, 0.6) is 0 Å². The fourth-order valence-corrected chi connectivity index (χ4v) is 2.09. The van der Waals surface area contributed by atoms with Crippen molar-refractivity contribution < 1.29 is 0 Å². The van der Waals surface area contributed by atoms with Crippen LogP contribution in [0, 0.1) is 0 Å². The molecule has 0 fully saturated rings. The van der Waals surface area contributed by atoms with E-state index >= 15 is 0 Å². The van der Waals surface area contributed by atoms with Crippen molar-refractivity contribution in [2.45, 2.75) is 12.5 Å². The van der Waals surface area contributed by atoms with Crippen LogP contribution in [0.25, 0.3) is 10.9 Å². The highest BCUT2D eigenvalue weighted by Crippen LogP contribution is 2.25. The average molecular weight is 199 g/mol. The van der Waals surface area contributed by atoms with Gasteiger partial charge in [0, 0.05) is 17.8 Å². The molecule has 0 saturated heterocycles. The Kier molecular flexibility index (Phi) is 2.03. The molecular weight excluding hydrogens is 186 g/mol. The summed E-state index contributed by atoms with van der Waals surface area (Å²) < 4.78 is 0. The Morgan fingerprint density at radius 2 is 2.40 bits per heavy atom. The number of pyridine rings is 1. The summed E-state index contributed by atoms with van der Waals surface area (Å²) >= 11 is 0. The number of hydrogen-bond acceptors (Lipinski definition) is 2. The standard InChI is InChI=1S/C12H13N3/c1-2-5-14-11(3-1)10-7-15-12-8-13-6-4-9(10)12/h1,3-4,6-8,11,14-15H,2,5H2. The summed E-state index contributed by atoms with van der Waals surface area (Å²) in [5.41, 5.74) is 2.41. The maximum Gasteiger partial charge on any atom is 0.0644 e. The molecule has 3 heteroatoms. The minimum atomic E-state index is 0.342. The van der Waals surface area contributed by atoms with Crippen molar-refractivity contribution in [1.29, 1.82) is 0 Å². The van der Waals surface area contributed by atoms with Crippen LogP contribution in [-0.4, -0.2) is 16.5 Å². The first-order chi connectivity index (χ1) is 7.45. The van der Waals surface area contributed by atoms with Crippen molar-refractivity contribution in [2.24, 2.45) is 0 Å². The molecule has 3 heterocycles. The average Bonchev–Trinajstić information content (AvgIpc) is 2.74. The summed E-state index contributed by atoms with van der Waals surface area (Å²) in [6.07, 6.45) is 11.4. The molecule has 3 rings (SSSR count). The monoisotopic (exact) mass is 199 g/mol. The van der Waals surface area contributed by atoms with Crippen LogP contribution in [0.15, 0.2) is 36.8 Å². The molecule has 76 valence electrons. The van der Waals surface area contributed by atoms with Crippen molar-refractivity contribution >= 4 is 10.9 Å². The number of hydrogen-bond donors (Lipinski definition) is 2. The van der Waals surface area contributed by atoms with E-state index in [-0.39, 0.29) is 0 Å². The summed E-state index contributed by atoms with van der Waals surface area (Å²) in [4.78, 5) is 7.35. The Balaban J connectivity index is 2.10. The summed E-state index contributed by atoms with van der Waals surface area (Å²) in [6, 6.07) is 2.40. The van der Waals surface area contributed by atoms with Gasteiger partial charge in [0.1, 0.15) is 0 Å².